The second kappa shape index (κ2) is 6.15. The summed E-state index contributed by atoms with van der Waals surface area (Å²) in [6, 6.07) is 3.03. The van der Waals surface area contributed by atoms with Gasteiger partial charge in [0, 0.05) is 12.1 Å². The number of rotatable bonds is 6. The minimum atomic E-state index is -4.17. The maximum Gasteiger partial charge on any atom is 0.244 e. The first-order chi connectivity index (χ1) is 9.11. The highest BCUT2D eigenvalue weighted by molar-refractivity contribution is 7.89. The van der Waals surface area contributed by atoms with Crippen LogP contribution in [0.3, 0.4) is 0 Å². The smallest absolute Gasteiger partial charge is 0.244 e. The molecule has 0 heterocycles. The maximum absolute atomic E-state index is 13.6. The molecule has 0 saturated carbocycles. The van der Waals surface area contributed by atoms with Gasteiger partial charge in [0.25, 0.3) is 0 Å². The summed E-state index contributed by atoms with van der Waals surface area (Å²) in [5, 5.41) is 0. The summed E-state index contributed by atoms with van der Waals surface area (Å²) in [6.45, 7) is 5.54. The molecule has 0 radical (unpaired) electrons. The van der Waals surface area contributed by atoms with Crippen LogP contribution in [0.2, 0.25) is 0 Å². The highest BCUT2D eigenvalue weighted by Crippen LogP contribution is 2.22. The monoisotopic (exact) mass is 306 g/mol. The van der Waals surface area contributed by atoms with Crippen molar-refractivity contribution in [2.24, 2.45) is 11.7 Å². The molecule has 1 atom stereocenters. The van der Waals surface area contributed by atoms with Crippen LogP contribution in [0.1, 0.15) is 27.2 Å². The Morgan fingerprint density at radius 2 is 1.95 bits per heavy atom. The van der Waals surface area contributed by atoms with E-state index in [0.717, 1.165) is 18.2 Å². The van der Waals surface area contributed by atoms with E-state index in [2.05, 4.69) is 4.72 Å². The largest absolute Gasteiger partial charge is 0.329 e. The molecule has 1 unspecified atom stereocenters. The van der Waals surface area contributed by atoms with Crippen LogP contribution < -0.4 is 10.5 Å². The lowest BCUT2D eigenvalue weighted by atomic mass is 9.92. The normalized spacial score (nSPS) is 15.3. The molecule has 20 heavy (non-hydrogen) atoms. The van der Waals surface area contributed by atoms with Crippen LogP contribution in [0.15, 0.2) is 23.1 Å². The van der Waals surface area contributed by atoms with Crippen molar-refractivity contribution in [2.75, 3.05) is 6.54 Å². The van der Waals surface area contributed by atoms with Gasteiger partial charge >= 0.3 is 0 Å². The number of benzene rings is 1. The summed E-state index contributed by atoms with van der Waals surface area (Å²) in [5.41, 5.74) is 4.70. The predicted octanol–water partition coefficient (Wildman–Crippen LogP) is 2.01. The Hall–Kier alpha value is -1.05. The van der Waals surface area contributed by atoms with Crippen molar-refractivity contribution < 1.29 is 17.2 Å². The average Bonchev–Trinajstić information content (AvgIpc) is 2.30. The van der Waals surface area contributed by atoms with Crippen LogP contribution in [0, 0.1) is 17.6 Å². The first-order valence-corrected chi connectivity index (χ1v) is 7.78. The molecule has 1 aromatic rings. The molecular formula is C13H20F2N2O2S. The Labute approximate surface area is 118 Å². The molecule has 0 aromatic heterocycles. The quantitative estimate of drug-likeness (QED) is 0.844. The highest BCUT2D eigenvalue weighted by atomic mass is 32.2. The molecule has 3 N–H and O–H groups in total. The molecule has 0 bridgehead atoms. The zero-order chi connectivity index (χ0) is 15.6. The third kappa shape index (κ3) is 3.97. The summed E-state index contributed by atoms with van der Waals surface area (Å²) in [4.78, 5) is -0.707. The molecule has 0 aliphatic carbocycles. The fourth-order valence-electron chi connectivity index (χ4n) is 2.14. The number of nitrogens with one attached hydrogen (secondary N) is 1. The Kier molecular flexibility index (Phi) is 5.23. The van der Waals surface area contributed by atoms with Gasteiger partial charge < -0.3 is 5.73 Å². The number of halogens is 2. The molecule has 4 nitrogen and oxygen atoms in total. The van der Waals surface area contributed by atoms with Gasteiger partial charge in [0.05, 0.1) is 0 Å². The lowest BCUT2D eigenvalue weighted by Crippen LogP contribution is -2.52. The fourth-order valence-corrected chi connectivity index (χ4v) is 3.66. The van der Waals surface area contributed by atoms with E-state index in [9.17, 15) is 17.2 Å². The topological polar surface area (TPSA) is 72.2 Å². The van der Waals surface area contributed by atoms with Crippen LogP contribution >= 0.6 is 0 Å². The van der Waals surface area contributed by atoms with Crippen molar-refractivity contribution in [2.45, 2.75) is 37.6 Å². The van der Waals surface area contributed by atoms with Gasteiger partial charge in [0.15, 0.2) is 11.6 Å². The minimum Gasteiger partial charge on any atom is -0.329 e. The van der Waals surface area contributed by atoms with Gasteiger partial charge in [-0.2, -0.15) is 0 Å². The Morgan fingerprint density at radius 1 is 1.35 bits per heavy atom. The third-order valence-electron chi connectivity index (χ3n) is 2.90. The standard InChI is InChI=1S/C13H20F2N2O2S/c1-9(2)7-13(3,8-16)17-20(18,19)11-6-4-5-10(14)12(11)15/h4-6,9,17H,7-8,16H2,1-3H3. The van der Waals surface area contributed by atoms with Crippen LogP contribution in [0.4, 0.5) is 8.78 Å². The lowest BCUT2D eigenvalue weighted by molar-refractivity contribution is 0.343. The average molecular weight is 306 g/mol. The van der Waals surface area contributed by atoms with Crippen LogP contribution in [-0.4, -0.2) is 20.5 Å². The molecule has 0 aliphatic rings. The SMILES string of the molecule is CC(C)CC(C)(CN)NS(=O)(=O)c1cccc(F)c1F. The van der Waals surface area contributed by atoms with Gasteiger partial charge in [0.2, 0.25) is 10.0 Å². The first-order valence-electron chi connectivity index (χ1n) is 6.29. The highest BCUT2D eigenvalue weighted by Gasteiger charge is 2.32. The van der Waals surface area contributed by atoms with E-state index in [1.54, 1.807) is 6.92 Å². The molecule has 114 valence electrons. The summed E-state index contributed by atoms with van der Waals surface area (Å²) < 4.78 is 53.5. The molecule has 7 heteroatoms. The second-order valence-electron chi connectivity index (χ2n) is 5.52. The van der Waals surface area contributed by atoms with Crippen LogP contribution in [0.25, 0.3) is 0 Å². The van der Waals surface area contributed by atoms with E-state index >= 15 is 0 Å². The molecule has 0 saturated heterocycles. The van der Waals surface area contributed by atoms with Gasteiger partial charge in [-0.1, -0.05) is 19.9 Å². The summed E-state index contributed by atoms with van der Waals surface area (Å²) in [5.74, 6) is -2.39. The molecule has 0 amide bonds. The maximum atomic E-state index is 13.6. The second-order valence-corrected chi connectivity index (χ2v) is 7.17. The van der Waals surface area contributed by atoms with E-state index in [0.29, 0.717) is 6.42 Å². The van der Waals surface area contributed by atoms with E-state index in [-0.39, 0.29) is 12.5 Å². The van der Waals surface area contributed by atoms with Crippen molar-refractivity contribution in [3.63, 3.8) is 0 Å². The number of sulfonamides is 1. The Balaban J connectivity index is 3.14. The fraction of sp³-hybridized carbons (Fsp3) is 0.538. The van der Waals surface area contributed by atoms with E-state index in [4.69, 9.17) is 5.73 Å². The van der Waals surface area contributed by atoms with Crippen molar-refractivity contribution >= 4 is 10.0 Å². The van der Waals surface area contributed by atoms with Gasteiger partial charge in [0.1, 0.15) is 4.90 Å². The molecule has 1 rings (SSSR count). The molecule has 0 fully saturated rings. The number of hydrogen-bond donors (Lipinski definition) is 2. The molecule has 0 spiro atoms. The summed E-state index contributed by atoms with van der Waals surface area (Å²) in [7, 11) is -4.17. The van der Waals surface area contributed by atoms with E-state index in [1.165, 1.54) is 0 Å². The van der Waals surface area contributed by atoms with Gasteiger partial charge in [-0.05, 0) is 31.4 Å². The number of hydrogen-bond acceptors (Lipinski definition) is 3. The summed E-state index contributed by atoms with van der Waals surface area (Å²) in [6.07, 6.45) is 0.486. The Bertz CT molecular complexity index is 576. The predicted molar refractivity (Wildman–Crippen MR) is 73.6 cm³/mol. The first kappa shape index (κ1) is 17.0. The zero-order valence-corrected chi connectivity index (χ0v) is 12.6. The minimum absolute atomic E-state index is 0.0569. The van der Waals surface area contributed by atoms with Gasteiger partial charge in [-0.25, -0.2) is 21.9 Å². The van der Waals surface area contributed by atoms with Gasteiger partial charge in [-0.15, -0.1) is 0 Å². The van der Waals surface area contributed by atoms with Crippen molar-refractivity contribution in [1.82, 2.24) is 4.72 Å². The zero-order valence-electron chi connectivity index (χ0n) is 11.8. The van der Waals surface area contributed by atoms with Crippen molar-refractivity contribution in [3.05, 3.63) is 29.8 Å². The Morgan fingerprint density at radius 3 is 2.45 bits per heavy atom. The molecular weight excluding hydrogens is 286 g/mol. The molecule has 0 aliphatic heterocycles. The van der Waals surface area contributed by atoms with E-state index < -0.39 is 32.1 Å². The summed E-state index contributed by atoms with van der Waals surface area (Å²) >= 11 is 0. The molecule has 1 aromatic carbocycles. The van der Waals surface area contributed by atoms with Gasteiger partial charge in [-0.3, -0.25) is 0 Å². The van der Waals surface area contributed by atoms with Crippen molar-refractivity contribution in [1.29, 1.82) is 0 Å². The lowest BCUT2D eigenvalue weighted by Gasteiger charge is -2.30. The van der Waals surface area contributed by atoms with Crippen LogP contribution in [0.5, 0.6) is 0 Å². The number of nitrogens with two attached hydrogens (primary N) is 1. The van der Waals surface area contributed by atoms with Crippen molar-refractivity contribution in [3.8, 4) is 0 Å². The van der Waals surface area contributed by atoms with E-state index in [1.807, 2.05) is 13.8 Å². The van der Waals surface area contributed by atoms with Crippen LogP contribution in [-0.2, 0) is 10.0 Å². The third-order valence-corrected chi connectivity index (χ3v) is 4.55.